The largest absolute Gasteiger partial charge is 0.375 e. The summed E-state index contributed by atoms with van der Waals surface area (Å²) in [4.78, 5) is 7.88. The summed E-state index contributed by atoms with van der Waals surface area (Å²) in [5.74, 6) is 0. The molecule has 0 radical (unpaired) electrons. The van der Waals surface area contributed by atoms with E-state index in [9.17, 15) is 0 Å². The molecule has 0 aliphatic carbocycles. The highest BCUT2D eigenvalue weighted by molar-refractivity contribution is 7.15. The van der Waals surface area contributed by atoms with E-state index in [-0.39, 0.29) is 12.4 Å². The summed E-state index contributed by atoms with van der Waals surface area (Å²) in [5.41, 5.74) is 5.60. The van der Waals surface area contributed by atoms with Crippen molar-refractivity contribution in [1.82, 2.24) is 9.88 Å². The Hall–Kier alpha value is -0.320. The molecule has 86 valence electrons. The van der Waals surface area contributed by atoms with E-state index in [0.717, 1.165) is 6.54 Å². The fourth-order valence-electron chi connectivity index (χ4n) is 1.91. The van der Waals surface area contributed by atoms with Crippen LogP contribution in [0.3, 0.4) is 0 Å². The molecule has 0 unspecified atom stereocenters. The number of nitrogen functional groups attached to an aromatic ring is 1. The van der Waals surface area contributed by atoms with Crippen LogP contribution >= 0.6 is 23.7 Å². The fourth-order valence-corrected chi connectivity index (χ4v) is 2.64. The molecule has 0 saturated carbocycles. The van der Waals surface area contributed by atoms with Gasteiger partial charge in [-0.25, -0.2) is 4.98 Å². The smallest absolute Gasteiger partial charge is 0.180 e. The molecule has 0 spiro atoms. The van der Waals surface area contributed by atoms with Gasteiger partial charge in [0.25, 0.3) is 0 Å². The molecule has 2 N–H and O–H groups in total. The second-order valence-electron chi connectivity index (χ2n) is 3.86. The third-order valence-electron chi connectivity index (χ3n) is 2.65. The van der Waals surface area contributed by atoms with E-state index in [2.05, 4.69) is 9.88 Å². The summed E-state index contributed by atoms with van der Waals surface area (Å²) in [7, 11) is 0. The van der Waals surface area contributed by atoms with Crippen molar-refractivity contribution in [1.29, 1.82) is 0 Å². The topological polar surface area (TPSA) is 42.1 Å². The third-order valence-corrected chi connectivity index (χ3v) is 3.46. The van der Waals surface area contributed by atoms with E-state index >= 15 is 0 Å². The van der Waals surface area contributed by atoms with Crippen LogP contribution in [0.4, 0.5) is 5.13 Å². The summed E-state index contributed by atoms with van der Waals surface area (Å²) >= 11 is 1.61. The van der Waals surface area contributed by atoms with Gasteiger partial charge >= 0.3 is 0 Å². The molecule has 5 heteroatoms. The fraction of sp³-hybridized carbons (Fsp3) is 0.700. The van der Waals surface area contributed by atoms with Crippen LogP contribution < -0.4 is 5.73 Å². The van der Waals surface area contributed by atoms with E-state index in [0.29, 0.717) is 5.13 Å². The van der Waals surface area contributed by atoms with Crippen LogP contribution in [0.2, 0.25) is 0 Å². The van der Waals surface area contributed by atoms with Crippen LogP contribution in [-0.4, -0.2) is 23.0 Å². The summed E-state index contributed by atoms with van der Waals surface area (Å²) in [5, 5.41) is 0.690. The molecular weight excluding hydrogens is 230 g/mol. The molecular formula is C10H18ClN3S. The maximum absolute atomic E-state index is 5.60. The number of nitrogens with zero attached hydrogens (tertiary/aromatic N) is 2. The monoisotopic (exact) mass is 247 g/mol. The van der Waals surface area contributed by atoms with Crippen LogP contribution in [0.5, 0.6) is 0 Å². The number of hydrogen-bond donors (Lipinski definition) is 1. The first-order chi connectivity index (χ1) is 6.84. The molecule has 1 aliphatic heterocycles. The van der Waals surface area contributed by atoms with E-state index in [1.165, 1.54) is 43.6 Å². The van der Waals surface area contributed by atoms with Gasteiger partial charge in [-0.1, -0.05) is 12.8 Å². The highest BCUT2D eigenvalue weighted by Crippen LogP contribution is 2.18. The first-order valence-corrected chi connectivity index (χ1v) is 6.09. The minimum absolute atomic E-state index is 0. The molecule has 0 amide bonds. The van der Waals surface area contributed by atoms with Crippen LogP contribution in [0.25, 0.3) is 0 Å². The van der Waals surface area contributed by atoms with Gasteiger partial charge in [-0.2, -0.15) is 0 Å². The van der Waals surface area contributed by atoms with Crippen molar-refractivity contribution in [2.45, 2.75) is 32.2 Å². The normalized spacial score (nSPS) is 18.1. The van der Waals surface area contributed by atoms with Gasteiger partial charge in [0.2, 0.25) is 0 Å². The Morgan fingerprint density at radius 2 is 1.93 bits per heavy atom. The maximum Gasteiger partial charge on any atom is 0.180 e. The number of thiazole rings is 1. The Morgan fingerprint density at radius 1 is 1.27 bits per heavy atom. The zero-order chi connectivity index (χ0) is 9.80. The number of halogens is 1. The van der Waals surface area contributed by atoms with Gasteiger partial charge in [-0.15, -0.1) is 23.7 Å². The molecule has 15 heavy (non-hydrogen) atoms. The Balaban J connectivity index is 0.00000112. The number of anilines is 1. The van der Waals surface area contributed by atoms with Gasteiger partial charge in [0.05, 0.1) is 0 Å². The van der Waals surface area contributed by atoms with Crippen LogP contribution in [0.15, 0.2) is 6.20 Å². The van der Waals surface area contributed by atoms with Gasteiger partial charge in [0.15, 0.2) is 5.13 Å². The summed E-state index contributed by atoms with van der Waals surface area (Å²) in [6.07, 6.45) is 7.37. The van der Waals surface area contributed by atoms with Gasteiger partial charge < -0.3 is 5.73 Å². The maximum atomic E-state index is 5.60. The van der Waals surface area contributed by atoms with E-state index in [4.69, 9.17) is 5.73 Å². The molecule has 3 nitrogen and oxygen atoms in total. The minimum atomic E-state index is 0. The second kappa shape index (κ2) is 6.30. The Bertz CT molecular complexity index is 282. The van der Waals surface area contributed by atoms with Gasteiger partial charge in [-0.3, -0.25) is 4.90 Å². The van der Waals surface area contributed by atoms with Gasteiger partial charge in [0.1, 0.15) is 0 Å². The summed E-state index contributed by atoms with van der Waals surface area (Å²) in [6.45, 7) is 3.50. The molecule has 1 aromatic heterocycles. The SMILES string of the molecule is Cl.Nc1ncc(CN2CCCCCC2)s1. The second-order valence-corrected chi connectivity index (χ2v) is 5.00. The first-order valence-electron chi connectivity index (χ1n) is 5.27. The number of likely N-dealkylation sites (tertiary alicyclic amines) is 1. The molecule has 1 saturated heterocycles. The highest BCUT2D eigenvalue weighted by Gasteiger charge is 2.10. The third kappa shape index (κ3) is 3.97. The molecule has 1 fully saturated rings. The van der Waals surface area contributed by atoms with E-state index in [1.54, 1.807) is 11.3 Å². The van der Waals surface area contributed by atoms with Crippen molar-refractivity contribution in [2.24, 2.45) is 0 Å². The molecule has 2 heterocycles. The first kappa shape index (κ1) is 12.7. The van der Waals surface area contributed by atoms with Crippen molar-refractivity contribution in [3.05, 3.63) is 11.1 Å². The van der Waals surface area contributed by atoms with Crippen LogP contribution in [-0.2, 0) is 6.54 Å². The summed E-state index contributed by atoms with van der Waals surface area (Å²) in [6, 6.07) is 0. The molecule has 2 rings (SSSR count). The van der Waals surface area contributed by atoms with Crippen molar-refractivity contribution in [3.8, 4) is 0 Å². The van der Waals surface area contributed by atoms with E-state index < -0.39 is 0 Å². The summed E-state index contributed by atoms with van der Waals surface area (Å²) < 4.78 is 0. The lowest BCUT2D eigenvalue weighted by Crippen LogP contribution is -2.23. The molecule has 1 aromatic rings. The predicted octanol–water partition coefficient (Wildman–Crippen LogP) is 2.52. The van der Waals surface area contributed by atoms with Gasteiger partial charge in [-0.05, 0) is 25.9 Å². The number of hydrogen-bond acceptors (Lipinski definition) is 4. The molecule has 1 aliphatic rings. The lowest BCUT2D eigenvalue weighted by molar-refractivity contribution is 0.279. The van der Waals surface area contributed by atoms with Crippen LogP contribution in [0, 0.1) is 0 Å². The zero-order valence-corrected chi connectivity index (χ0v) is 10.4. The average Bonchev–Trinajstić information content (AvgIpc) is 2.43. The highest BCUT2D eigenvalue weighted by atomic mass is 35.5. The lowest BCUT2D eigenvalue weighted by Gasteiger charge is -2.17. The molecule has 0 bridgehead atoms. The van der Waals surface area contributed by atoms with Crippen molar-refractivity contribution >= 4 is 28.9 Å². The van der Waals surface area contributed by atoms with Crippen molar-refractivity contribution < 1.29 is 0 Å². The van der Waals surface area contributed by atoms with Gasteiger partial charge in [0, 0.05) is 17.6 Å². The minimum Gasteiger partial charge on any atom is -0.375 e. The number of nitrogens with two attached hydrogens (primary N) is 1. The Kier molecular flexibility index (Phi) is 5.36. The van der Waals surface area contributed by atoms with Crippen molar-refractivity contribution in [3.63, 3.8) is 0 Å². The number of rotatable bonds is 2. The Labute approximate surface area is 101 Å². The molecule has 0 atom stereocenters. The average molecular weight is 248 g/mol. The Morgan fingerprint density at radius 3 is 2.47 bits per heavy atom. The van der Waals surface area contributed by atoms with Crippen LogP contribution in [0.1, 0.15) is 30.6 Å². The molecule has 0 aromatic carbocycles. The quantitative estimate of drug-likeness (QED) is 0.873. The lowest BCUT2D eigenvalue weighted by atomic mass is 10.2. The zero-order valence-electron chi connectivity index (χ0n) is 8.82. The predicted molar refractivity (Wildman–Crippen MR) is 67.5 cm³/mol. The standard InChI is InChI=1S/C10H17N3S.ClH/c11-10-12-7-9(14-10)8-13-5-3-1-2-4-6-13;/h7H,1-6,8H2,(H2,11,12);1H. The number of aromatic nitrogens is 1. The van der Waals surface area contributed by atoms with Crippen molar-refractivity contribution in [2.75, 3.05) is 18.8 Å². The van der Waals surface area contributed by atoms with E-state index in [1.807, 2.05) is 6.20 Å².